The molecule has 78 valence electrons. The summed E-state index contributed by atoms with van der Waals surface area (Å²) in [7, 11) is 0. The molecular weight excluding hydrogens is 226 g/mol. The largest absolute Gasteiger partial charge is 0.273 e. The molecule has 0 bridgehead atoms. The molecule has 5 nitrogen and oxygen atoms in total. The Labute approximate surface area is 95.5 Å². The number of hydrogen-bond acceptors (Lipinski definition) is 4. The van der Waals surface area contributed by atoms with E-state index in [4.69, 9.17) is 11.6 Å². The van der Waals surface area contributed by atoms with Gasteiger partial charge in [-0.05, 0) is 12.1 Å². The van der Waals surface area contributed by atoms with Crippen LogP contribution in [-0.2, 0) is 0 Å². The van der Waals surface area contributed by atoms with Crippen LogP contribution in [0.4, 0.5) is 0 Å². The molecule has 0 fully saturated rings. The van der Waals surface area contributed by atoms with Crippen LogP contribution in [0.3, 0.4) is 0 Å². The summed E-state index contributed by atoms with van der Waals surface area (Å²) in [5.74, 6) is 0.548. The zero-order chi connectivity index (χ0) is 11.0. The van der Waals surface area contributed by atoms with Gasteiger partial charge in [0.15, 0.2) is 11.0 Å². The van der Waals surface area contributed by atoms with E-state index < -0.39 is 0 Å². The van der Waals surface area contributed by atoms with Crippen molar-refractivity contribution in [1.29, 1.82) is 0 Å². The number of hydrogen-bond donors (Lipinski definition) is 1. The summed E-state index contributed by atoms with van der Waals surface area (Å²) in [6.07, 6.45) is 5.00. The first-order valence-electron chi connectivity index (χ1n) is 4.61. The summed E-state index contributed by atoms with van der Waals surface area (Å²) in [5, 5.41) is 6.98. The summed E-state index contributed by atoms with van der Waals surface area (Å²) in [5.41, 5.74) is 2.17. The molecule has 3 aromatic rings. The molecular formula is C10H6ClN5. The Balaban J connectivity index is 2.25. The lowest BCUT2D eigenvalue weighted by atomic mass is 10.2. The molecule has 3 rings (SSSR count). The molecule has 0 saturated heterocycles. The summed E-state index contributed by atoms with van der Waals surface area (Å²) in [6, 6.07) is 3.71. The standard InChI is InChI=1S/C10H6ClN5/c11-9-8-7(5-13-16-8)14-10(15-9)6-2-1-3-12-4-6/h1-5H,(H,13,16). The molecule has 0 spiro atoms. The van der Waals surface area contributed by atoms with Gasteiger partial charge in [-0.25, -0.2) is 9.97 Å². The fraction of sp³-hybridized carbons (Fsp3) is 0. The van der Waals surface area contributed by atoms with Crippen molar-refractivity contribution in [3.8, 4) is 11.4 Å². The van der Waals surface area contributed by atoms with Crippen LogP contribution in [0.15, 0.2) is 30.7 Å². The minimum Gasteiger partial charge on any atom is -0.273 e. The fourth-order valence-electron chi connectivity index (χ4n) is 1.43. The van der Waals surface area contributed by atoms with E-state index >= 15 is 0 Å². The second kappa shape index (κ2) is 3.53. The highest BCUT2D eigenvalue weighted by atomic mass is 35.5. The minimum atomic E-state index is 0.362. The lowest BCUT2D eigenvalue weighted by molar-refractivity contribution is 1.11. The van der Waals surface area contributed by atoms with Gasteiger partial charge in [-0.1, -0.05) is 11.6 Å². The molecule has 0 atom stereocenters. The van der Waals surface area contributed by atoms with Gasteiger partial charge in [0, 0.05) is 18.0 Å². The van der Waals surface area contributed by atoms with Crippen LogP contribution in [-0.4, -0.2) is 25.1 Å². The van der Waals surface area contributed by atoms with Crippen LogP contribution in [0.25, 0.3) is 22.4 Å². The van der Waals surface area contributed by atoms with Crippen LogP contribution >= 0.6 is 11.6 Å². The molecule has 0 aliphatic rings. The van der Waals surface area contributed by atoms with Crippen LogP contribution in [0, 0.1) is 0 Å². The van der Waals surface area contributed by atoms with E-state index in [1.165, 1.54) is 0 Å². The van der Waals surface area contributed by atoms with Crippen molar-refractivity contribution >= 4 is 22.6 Å². The quantitative estimate of drug-likeness (QED) is 0.651. The van der Waals surface area contributed by atoms with Gasteiger partial charge < -0.3 is 0 Å². The van der Waals surface area contributed by atoms with Crippen molar-refractivity contribution in [2.75, 3.05) is 0 Å². The average Bonchev–Trinajstić information content (AvgIpc) is 2.79. The maximum Gasteiger partial charge on any atom is 0.163 e. The summed E-state index contributed by atoms with van der Waals surface area (Å²) >= 11 is 6.01. The first kappa shape index (κ1) is 9.23. The van der Waals surface area contributed by atoms with Crippen molar-refractivity contribution in [3.05, 3.63) is 35.9 Å². The van der Waals surface area contributed by atoms with E-state index in [-0.39, 0.29) is 0 Å². The first-order valence-corrected chi connectivity index (χ1v) is 4.99. The van der Waals surface area contributed by atoms with Gasteiger partial charge in [0.2, 0.25) is 0 Å². The molecule has 16 heavy (non-hydrogen) atoms. The predicted octanol–water partition coefficient (Wildman–Crippen LogP) is 2.07. The molecule has 3 aromatic heterocycles. The van der Waals surface area contributed by atoms with Crippen molar-refractivity contribution in [1.82, 2.24) is 25.1 Å². The molecule has 0 aromatic carbocycles. The number of nitrogens with one attached hydrogen (secondary N) is 1. The SMILES string of the molecule is Clc1nc(-c2cccnc2)nc2cn[nH]c12. The topological polar surface area (TPSA) is 67.3 Å². The molecule has 0 amide bonds. The van der Waals surface area contributed by atoms with Crippen LogP contribution in [0.1, 0.15) is 0 Å². The maximum atomic E-state index is 6.01. The fourth-order valence-corrected chi connectivity index (χ4v) is 1.65. The average molecular weight is 232 g/mol. The third kappa shape index (κ3) is 1.42. The van der Waals surface area contributed by atoms with Gasteiger partial charge in [-0.15, -0.1) is 0 Å². The van der Waals surface area contributed by atoms with E-state index in [0.717, 1.165) is 5.56 Å². The molecule has 1 N–H and O–H groups in total. The Hall–Kier alpha value is -2.01. The van der Waals surface area contributed by atoms with E-state index in [2.05, 4.69) is 25.1 Å². The highest BCUT2D eigenvalue weighted by molar-refractivity contribution is 6.33. The number of rotatable bonds is 1. The van der Waals surface area contributed by atoms with E-state index in [9.17, 15) is 0 Å². The number of halogens is 1. The molecule has 0 unspecified atom stereocenters. The van der Waals surface area contributed by atoms with Crippen molar-refractivity contribution in [2.45, 2.75) is 0 Å². The molecule has 0 aliphatic heterocycles. The van der Waals surface area contributed by atoms with Gasteiger partial charge in [-0.3, -0.25) is 10.1 Å². The van der Waals surface area contributed by atoms with E-state index in [0.29, 0.717) is 22.0 Å². The second-order valence-corrected chi connectivity index (χ2v) is 3.57. The predicted molar refractivity (Wildman–Crippen MR) is 59.9 cm³/mol. The molecule has 0 aliphatic carbocycles. The molecule has 6 heteroatoms. The molecule has 0 radical (unpaired) electrons. The van der Waals surface area contributed by atoms with Crippen molar-refractivity contribution < 1.29 is 0 Å². The Morgan fingerprint density at radius 2 is 2.12 bits per heavy atom. The lowest BCUT2D eigenvalue weighted by Crippen LogP contribution is -1.90. The summed E-state index contributed by atoms with van der Waals surface area (Å²) < 4.78 is 0. The third-order valence-corrected chi connectivity index (χ3v) is 2.45. The smallest absolute Gasteiger partial charge is 0.163 e. The van der Waals surface area contributed by atoms with Gasteiger partial charge in [0.25, 0.3) is 0 Å². The number of fused-ring (bicyclic) bond motifs is 1. The Bertz CT molecular complexity index is 634. The van der Waals surface area contributed by atoms with Gasteiger partial charge >= 0.3 is 0 Å². The Morgan fingerprint density at radius 3 is 2.94 bits per heavy atom. The normalized spacial score (nSPS) is 10.8. The van der Waals surface area contributed by atoms with E-state index in [1.807, 2.05) is 12.1 Å². The number of aromatic amines is 1. The van der Waals surface area contributed by atoms with Gasteiger partial charge in [0.05, 0.1) is 6.20 Å². The zero-order valence-corrected chi connectivity index (χ0v) is 8.81. The maximum absolute atomic E-state index is 6.01. The number of pyridine rings is 1. The monoisotopic (exact) mass is 231 g/mol. The summed E-state index contributed by atoms with van der Waals surface area (Å²) in [4.78, 5) is 12.5. The van der Waals surface area contributed by atoms with Crippen molar-refractivity contribution in [2.24, 2.45) is 0 Å². The van der Waals surface area contributed by atoms with Crippen LogP contribution in [0.2, 0.25) is 5.15 Å². The second-order valence-electron chi connectivity index (χ2n) is 3.21. The van der Waals surface area contributed by atoms with Crippen molar-refractivity contribution in [3.63, 3.8) is 0 Å². The molecule has 3 heterocycles. The van der Waals surface area contributed by atoms with Crippen LogP contribution in [0.5, 0.6) is 0 Å². The molecule has 0 saturated carbocycles. The minimum absolute atomic E-state index is 0.362. The number of aromatic nitrogens is 5. The van der Waals surface area contributed by atoms with E-state index in [1.54, 1.807) is 18.6 Å². The lowest BCUT2D eigenvalue weighted by Gasteiger charge is -2.00. The zero-order valence-electron chi connectivity index (χ0n) is 8.05. The summed E-state index contributed by atoms with van der Waals surface area (Å²) in [6.45, 7) is 0. The third-order valence-electron chi connectivity index (χ3n) is 2.18. The van der Waals surface area contributed by atoms with Gasteiger partial charge in [0.1, 0.15) is 11.0 Å². The number of H-pyrrole nitrogens is 1. The Kier molecular flexibility index (Phi) is 2.04. The first-order chi connectivity index (χ1) is 7.84. The highest BCUT2D eigenvalue weighted by Crippen LogP contribution is 2.22. The number of nitrogens with zero attached hydrogens (tertiary/aromatic N) is 4. The van der Waals surface area contributed by atoms with Gasteiger partial charge in [-0.2, -0.15) is 5.10 Å². The van der Waals surface area contributed by atoms with Crippen LogP contribution < -0.4 is 0 Å². The Morgan fingerprint density at radius 1 is 1.19 bits per heavy atom. The highest BCUT2D eigenvalue weighted by Gasteiger charge is 2.08.